The van der Waals surface area contributed by atoms with Crippen LogP contribution in [0.4, 0.5) is 0 Å². The molecule has 7 heteroatoms. The Kier molecular flexibility index (Phi) is 6.44. The van der Waals surface area contributed by atoms with Crippen LogP contribution >= 0.6 is 0 Å². The molecule has 0 aliphatic carbocycles. The smallest absolute Gasteiger partial charge is 0.336 e. The number of amides is 2. The molecule has 2 aromatic rings. The lowest BCUT2D eigenvalue weighted by Crippen LogP contribution is -2.38. The van der Waals surface area contributed by atoms with E-state index >= 15 is 0 Å². The third kappa shape index (κ3) is 4.33. The highest BCUT2D eigenvalue weighted by Crippen LogP contribution is 2.37. The van der Waals surface area contributed by atoms with E-state index in [4.69, 9.17) is 9.15 Å². The predicted octanol–water partition coefficient (Wildman–Crippen LogP) is 3.87. The SMILES string of the molecule is CCOC(=O)C1=C(C)N(Cc2ccc(C(=O)N3CCCC3)o2)C(=O)CC1c1ccccc1. The molecule has 0 bridgehead atoms. The van der Waals surface area contributed by atoms with Crippen LogP contribution in [0.1, 0.15) is 60.9 Å². The Bertz CT molecular complexity index is 1030. The number of furan rings is 1. The maximum absolute atomic E-state index is 13.1. The molecular weight excluding hydrogens is 408 g/mol. The van der Waals surface area contributed by atoms with Gasteiger partial charge in [-0.15, -0.1) is 0 Å². The van der Waals surface area contributed by atoms with E-state index in [0.717, 1.165) is 31.5 Å². The van der Waals surface area contributed by atoms with Crippen molar-refractivity contribution in [3.63, 3.8) is 0 Å². The van der Waals surface area contributed by atoms with Gasteiger partial charge in [0.15, 0.2) is 5.76 Å². The largest absolute Gasteiger partial charge is 0.463 e. The summed E-state index contributed by atoms with van der Waals surface area (Å²) < 4.78 is 11.1. The first-order valence-electron chi connectivity index (χ1n) is 11.1. The van der Waals surface area contributed by atoms with E-state index in [2.05, 4.69) is 0 Å². The summed E-state index contributed by atoms with van der Waals surface area (Å²) in [7, 11) is 0. The summed E-state index contributed by atoms with van der Waals surface area (Å²) in [5, 5.41) is 0. The summed E-state index contributed by atoms with van der Waals surface area (Å²) in [6, 6.07) is 12.9. The molecular formula is C25H28N2O5. The van der Waals surface area contributed by atoms with Gasteiger partial charge < -0.3 is 19.0 Å². The van der Waals surface area contributed by atoms with Crippen molar-refractivity contribution in [2.24, 2.45) is 0 Å². The van der Waals surface area contributed by atoms with Crippen LogP contribution in [0.5, 0.6) is 0 Å². The predicted molar refractivity (Wildman–Crippen MR) is 118 cm³/mol. The van der Waals surface area contributed by atoms with Crippen molar-refractivity contribution in [1.82, 2.24) is 9.80 Å². The second kappa shape index (κ2) is 9.42. The van der Waals surface area contributed by atoms with Crippen molar-refractivity contribution >= 4 is 17.8 Å². The molecule has 0 radical (unpaired) electrons. The lowest BCUT2D eigenvalue weighted by Gasteiger charge is -2.34. The average Bonchev–Trinajstić information content (AvgIpc) is 3.49. The van der Waals surface area contributed by atoms with Gasteiger partial charge >= 0.3 is 5.97 Å². The number of rotatable bonds is 6. The van der Waals surface area contributed by atoms with Gasteiger partial charge in [-0.1, -0.05) is 30.3 Å². The van der Waals surface area contributed by atoms with Crippen LogP contribution < -0.4 is 0 Å². The highest BCUT2D eigenvalue weighted by atomic mass is 16.5. The van der Waals surface area contributed by atoms with Crippen molar-refractivity contribution < 1.29 is 23.5 Å². The Balaban J connectivity index is 1.61. The Morgan fingerprint density at radius 1 is 1.09 bits per heavy atom. The molecule has 3 heterocycles. The van der Waals surface area contributed by atoms with Gasteiger partial charge in [-0.2, -0.15) is 0 Å². The van der Waals surface area contributed by atoms with Crippen LogP contribution in [0.2, 0.25) is 0 Å². The number of allylic oxidation sites excluding steroid dienone is 1. The molecule has 4 rings (SSSR count). The van der Waals surface area contributed by atoms with Gasteiger partial charge in [0.2, 0.25) is 5.91 Å². The molecule has 1 unspecified atom stereocenters. The Labute approximate surface area is 187 Å². The lowest BCUT2D eigenvalue weighted by atomic mass is 9.83. The molecule has 0 spiro atoms. The molecule has 7 nitrogen and oxygen atoms in total. The van der Waals surface area contributed by atoms with E-state index in [-0.39, 0.29) is 43.1 Å². The fourth-order valence-electron chi connectivity index (χ4n) is 4.46. The van der Waals surface area contributed by atoms with E-state index in [1.165, 1.54) is 0 Å². The molecule has 1 saturated heterocycles. The second-order valence-electron chi connectivity index (χ2n) is 8.13. The van der Waals surface area contributed by atoms with Crippen LogP contribution in [0.25, 0.3) is 0 Å². The summed E-state index contributed by atoms with van der Waals surface area (Å²) in [6.07, 6.45) is 2.17. The molecule has 0 N–H and O–H groups in total. The summed E-state index contributed by atoms with van der Waals surface area (Å²) in [4.78, 5) is 41.8. The fraction of sp³-hybridized carbons (Fsp3) is 0.400. The average molecular weight is 437 g/mol. The molecule has 0 saturated carbocycles. The zero-order chi connectivity index (χ0) is 22.7. The molecule has 1 aromatic heterocycles. The number of likely N-dealkylation sites (tertiary alicyclic amines) is 1. The zero-order valence-corrected chi connectivity index (χ0v) is 18.5. The minimum absolute atomic E-state index is 0.103. The van der Waals surface area contributed by atoms with Crippen LogP contribution in [0, 0.1) is 0 Å². The van der Waals surface area contributed by atoms with E-state index in [1.807, 2.05) is 30.3 Å². The lowest BCUT2D eigenvalue weighted by molar-refractivity contribution is -0.140. The maximum atomic E-state index is 13.1. The molecule has 2 aliphatic rings. The van der Waals surface area contributed by atoms with Gasteiger partial charge in [0.05, 0.1) is 18.7 Å². The number of benzene rings is 1. The third-order valence-corrected chi connectivity index (χ3v) is 6.10. The molecule has 32 heavy (non-hydrogen) atoms. The van der Waals surface area contributed by atoms with Gasteiger partial charge in [0.25, 0.3) is 5.91 Å². The van der Waals surface area contributed by atoms with Crippen LogP contribution in [0.15, 0.2) is 58.2 Å². The Morgan fingerprint density at radius 3 is 2.50 bits per heavy atom. The van der Waals surface area contributed by atoms with Crippen molar-refractivity contribution in [2.75, 3.05) is 19.7 Å². The van der Waals surface area contributed by atoms with E-state index in [1.54, 1.807) is 35.8 Å². The Morgan fingerprint density at radius 2 is 1.81 bits per heavy atom. The highest BCUT2D eigenvalue weighted by molar-refractivity contribution is 5.96. The van der Waals surface area contributed by atoms with E-state index in [0.29, 0.717) is 17.0 Å². The van der Waals surface area contributed by atoms with Gasteiger partial charge in [0, 0.05) is 31.1 Å². The first-order chi connectivity index (χ1) is 15.5. The number of carbonyl (C=O) groups is 3. The van der Waals surface area contributed by atoms with Crippen molar-refractivity contribution in [1.29, 1.82) is 0 Å². The molecule has 1 atom stereocenters. The van der Waals surface area contributed by atoms with Gasteiger partial charge in [-0.25, -0.2) is 4.79 Å². The first-order valence-corrected chi connectivity index (χ1v) is 11.1. The minimum atomic E-state index is -0.416. The number of carbonyl (C=O) groups excluding carboxylic acids is 3. The standard InChI is InChI=1S/C25H28N2O5/c1-3-31-25(30)23-17(2)27(22(28)15-20(23)18-9-5-4-6-10-18)16-19-11-12-21(32-19)24(29)26-13-7-8-14-26/h4-6,9-12,20H,3,7-8,13-16H2,1-2H3. The second-order valence-corrected chi connectivity index (χ2v) is 8.13. The number of hydrogen-bond acceptors (Lipinski definition) is 5. The highest BCUT2D eigenvalue weighted by Gasteiger charge is 2.37. The van der Waals surface area contributed by atoms with E-state index < -0.39 is 5.97 Å². The first kappa shape index (κ1) is 21.9. The van der Waals surface area contributed by atoms with Crippen LogP contribution in [-0.4, -0.2) is 47.3 Å². The van der Waals surface area contributed by atoms with Crippen LogP contribution in [-0.2, 0) is 20.9 Å². The number of nitrogens with zero attached hydrogens (tertiary/aromatic N) is 2. The number of hydrogen-bond donors (Lipinski definition) is 0. The molecule has 2 amide bonds. The van der Waals surface area contributed by atoms with Crippen molar-refractivity contribution in [3.05, 3.63) is 70.8 Å². The normalized spacial score (nSPS) is 18.9. The summed E-state index contributed by atoms with van der Waals surface area (Å²) >= 11 is 0. The quantitative estimate of drug-likeness (QED) is 0.643. The Hall–Kier alpha value is -3.35. The summed E-state index contributed by atoms with van der Waals surface area (Å²) in [6.45, 7) is 5.42. The number of esters is 1. The minimum Gasteiger partial charge on any atom is -0.463 e. The zero-order valence-electron chi connectivity index (χ0n) is 18.5. The summed E-state index contributed by atoms with van der Waals surface area (Å²) in [5.41, 5.74) is 1.94. The molecule has 1 fully saturated rings. The van der Waals surface area contributed by atoms with Crippen LogP contribution in [0.3, 0.4) is 0 Å². The monoisotopic (exact) mass is 436 g/mol. The molecule has 1 aromatic carbocycles. The fourth-order valence-corrected chi connectivity index (χ4v) is 4.46. The third-order valence-electron chi connectivity index (χ3n) is 6.10. The van der Waals surface area contributed by atoms with E-state index in [9.17, 15) is 14.4 Å². The maximum Gasteiger partial charge on any atom is 0.336 e. The summed E-state index contributed by atoms with van der Waals surface area (Å²) in [5.74, 6) is -0.221. The van der Waals surface area contributed by atoms with Crippen molar-refractivity contribution in [2.45, 2.75) is 45.6 Å². The van der Waals surface area contributed by atoms with Gasteiger partial charge in [0.1, 0.15) is 5.76 Å². The van der Waals surface area contributed by atoms with Gasteiger partial charge in [-0.05, 0) is 44.4 Å². The topological polar surface area (TPSA) is 80.1 Å². The van der Waals surface area contributed by atoms with Crippen molar-refractivity contribution in [3.8, 4) is 0 Å². The number of ether oxygens (including phenoxy) is 1. The van der Waals surface area contributed by atoms with Gasteiger partial charge in [-0.3, -0.25) is 9.59 Å². The molecule has 168 valence electrons. The molecule has 2 aliphatic heterocycles.